The number of hydrogen-bond acceptors (Lipinski definition) is 2. The Labute approximate surface area is 135 Å². The van der Waals surface area contributed by atoms with E-state index >= 15 is 0 Å². The van der Waals surface area contributed by atoms with Gasteiger partial charge in [0.25, 0.3) is 0 Å². The van der Waals surface area contributed by atoms with E-state index < -0.39 is 0 Å². The van der Waals surface area contributed by atoms with Crippen molar-refractivity contribution in [1.82, 2.24) is 0 Å². The second-order valence-electron chi connectivity index (χ2n) is 9.21. The molecule has 4 aliphatic carbocycles. The fraction of sp³-hybridized carbons (Fsp3) is 0.950. The summed E-state index contributed by atoms with van der Waals surface area (Å²) in [5, 5.41) is 0. The normalized spacial score (nSPS) is 54.5. The molecule has 4 rings (SSSR count). The third-order valence-electron chi connectivity index (χ3n) is 8.66. The first-order valence-corrected chi connectivity index (χ1v) is 9.55. The fourth-order valence-electron chi connectivity index (χ4n) is 7.20. The van der Waals surface area contributed by atoms with Crippen LogP contribution in [0.4, 0.5) is 0 Å². The van der Waals surface area contributed by atoms with Crippen molar-refractivity contribution in [1.29, 1.82) is 0 Å². The molecule has 22 heavy (non-hydrogen) atoms. The molecule has 0 bridgehead atoms. The first kappa shape index (κ1) is 15.2. The Morgan fingerprint density at radius 3 is 2.59 bits per heavy atom. The standard InChI is InChI=1S/C20H32O2/c1-19-10-8-14(22-3)12-13(19)4-5-15-16-6-7-18(21)20(16,2)11-9-17(15)19/h13-17H,4-12H2,1-3H3/t13-,14-,15-,16-,17+,19-,20-/m0/s1. The minimum atomic E-state index is 0.0358. The predicted molar refractivity (Wildman–Crippen MR) is 87.5 cm³/mol. The minimum Gasteiger partial charge on any atom is -0.381 e. The summed E-state index contributed by atoms with van der Waals surface area (Å²) in [6.07, 6.45) is 11.6. The molecule has 0 aromatic carbocycles. The van der Waals surface area contributed by atoms with Crippen molar-refractivity contribution in [2.75, 3.05) is 7.11 Å². The van der Waals surface area contributed by atoms with Gasteiger partial charge in [-0.25, -0.2) is 0 Å². The maximum absolute atomic E-state index is 12.4. The van der Waals surface area contributed by atoms with E-state index in [1.54, 1.807) is 0 Å². The van der Waals surface area contributed by atoms with E-state index in [-0.39, 0.29) is 5.41 Å². The van der Waals surface area contributed by atoms with E-state index in [9.17, 15) is 4.79 Å². The Bertz CT molecular complexity index is 472. The summed E-state index contributed by atoms with van der Waals surface area (Å²) in [5.74, 6) is 3.82. The summed E-state index contributed by atoms with van der Waals surface area (Å²) in [5.41, 5.74) is 0.555. The van der Waals surface area contributed by atoms with E-state index in [1.807, 2.05) is 7.11 Å². The molecule has 0 saturated heterocycles. The molecule has 0 heterocycles. The van der Waals surface area contributed by atoms with Gasteiger partial charge in [-0.1, -0.05) is 13.8 Å². The number of rotatable bonds is 1. The number of carbonyl (C=O) groups excluding carboxylic acids is 1. The molecule has 4 fully saturated rings. The highest BCUT2D eigenvalue weighted by molar-refractivity contribution is 5.87. The molecule has 124 valence electrons. The highest BCUT2D eigenvalue weighted by Gasteiger charge is 2.60. The Morgan fingerprint density at radius 2 is 1.82 bits per heavy atom. The number of ether oxygens (including phenoxy) is 1. The van der Waals surface area contributed by atoms with E-state index in [0.29, 0.717) is 23.2 Å². The van der Waals surface area contributed by atoms with Gasteiger partial charge < -0.3 is 4.74 Å². The molecule has 2 nitrogen and oxygen atoms in total. The van der Waals surface area contributed by atoms with Gasteiger partial charge in [0.15, 0.2) is 0 Å². The van der Waals surface area contributed by atoms with Crippen molar-refractivity contribution in [3.63, 3.8) is 0 Å². The summed E-state index contributed by atoms with van der Waals surface area (Å²) in [6, 6.07) is 0. The van der Waals surface area contributed by atoms with Gasteiger partial charge in [-0.3, -0.25) is 4.79 Å². The largest absolute Gasteiger partial charge is 0.381 e. The van der Waals surface area contributed by atoms with Gasteiger partial charge in [-0.15, -0.1) is 0 Å². The van der Waals surface area contributed by atoms with Gasteiger partial charge in [0, 0.05) is 18.9 Å². The van der Waals surface area contributed by atoms with Gasteiger partial charge in [-0.2, -0.15) is 0 Å². The van der Waals surface area contributed by atoms with Crippen molar-refractivity contribution in [2.45, 2.75) is 77.7 Å². The molecule has 0 aromatic heterocycles. The summed E-state index contributed by atoms with van der Waals surface area (Å²) >= 11 is 0. The van der Waals surface area contributed by atoms with E-state index in [2.05, 4.69) is 13.8 Å². The molecule has 0 aromatic rings. The molecule has 0 spiro atoms. The van der Waals surface area contributed by atoms with Crippen LogP contribution in [0.15, 0.2) is 0 Å². The highest BCUT2D eigenvalue weighted by Crippen LogP contribution is 2.65. The zero-order chi connectivity index (χ0) is 15.5. The predicted octanol–water partition coefficient (Wildman–Crippen LogP) is 4.61. The molecule has 0 N–H and O–H groups in total. The van der Waals surface area contributed by atoms with Crippen molar-refractivity contribution >= 4 is 5.78 Å². The number of carbonyl (C=O) groups is 1. The molecule has 2 heteroatoms. The smallest absolute Gasteiger partial charge is 0.139 e. The minimum absolute atomic E-state index is 0.0358. The molecule has 4 aliphatic rings. The Balaban J connectivity index is 1.60. The van der Waals surface area contributed by atoms with Crippen LogP contribution in [0.2, 0.25) is 0 Å². The molecule has 0 aliphatic heterocycles. The molecule has 0 amide bonds. The Kier molecular flexibility index (Phi) is 3.49. The second kappa shape index (κ2) is 5.06. The maximum Gasteiger partial charge on any atom is 0.139 e. The van der Waals surface area contributed by atoms with Crippen molar-refractivity contribution in [2.24, 2.45) is 34.5 Å². The van der Waals surface area contributed by atoms with E-state index in [4.69, 9.17) is 4.74 Å². The number of Topliss-reactive ketones (excluding diaryl/α,β-unsaturated/α-hetero) is 1. The van der Waals surface area contributed by atoms with Crippen LogP contribution in [0.1, 0.15) is 71.6 Å². The Morgan fingerprint density at radius 1 is 1.00 bits per heavy atom. The fourth-order valence-corrected chi connectivity index (χ4v) is 7.20. The average Bonchev–Trinajstić information content (AvgIpc) is 2.82. The van der Waals surface area contributed by atoms with Crippen LogP contribution in [-0.4, -0.2) is 19.0 Å². The Hall–Kier alpha value is -0.370. The SMILES string of the molecule is CO[C@H]1CC[C@@]2(C)[C@@H](CC[C@@H]3[C@H]2CC[C@]2(C)C(=O)CC[C@@H]32)C1. The number of fused-ring (bicyclic) bond motifs is 5. The summed E-state index contributed by atoms with van der Waals surface area (Å²) in [6.45, 7) is 4.87. The summed E-state index contributed by atoms with van der Waals surface area (Å²) < 4.78 is 5.68. The molecule has 0 radical (unpaired) electrons. The highest BCUT2D eigenvalue weighted by atomic mass is 16.5. The lowest BCUT2D eigenvalue weighted by Crippen LogP contribution is -2.54. The molecule has 7 atom stereocenters. The topological polar surface area (TPSA) is 26.3 Å². The van der Waals surface area contributed by atoms with Crippen LogP contribution in [0.3, 0.4) is 0 Å². The average molecular weight is 304 g/mol. The van der Waals surface area contributed by atoms with Crippen molar-refractivity contribution < 1.29 is 9.53 Å². The number of methoxy groups -OCH3 is 1. The molecular formula is C20H32O2. The lowest BCUT2D eigenvalue weighted by atomic mass is 9.45. The van der Waals surface area contributed by atoms with Crippen molar-refractivity contribution in [3.8, 4) is 0 Å². The number of hydrogen-bond donors (Lipinski definition) is 0. The van der Waals surface area contributed by atoms with Crippen LogP contribution in [0.25, 0.3) is 0 Å². The second-order valence-corrected chi connectivity index (χ2v) is 9.21. The van der Waals surface area contributed by atoms with Gasteiger partial charge >= 0.3 is 0 Å². The monoisotopic (exact) mass is 304 g/mol. The third kappa shape index (κ3) is 1.92. The van der Waals surface area contributed by atoms with Gasteiger partial charge in [0.1, 0.15) is 5.78 Å². The zero-order valence-electron chi connectivity index (χ0n) is 14.6. The molecular weight excluding hydrogens is 272 g/mol. The first-order valence-electron chi connectivity index (χ1n) is 9.55. The van der Waals surface area contributed by atoms with Gasteiger partial charge in [-0.05, 0) is 80.5 Å². The maximum atomic E-state index is 12.4. The molecule has 0 unspecified atom stereocenters. The quantitative estimate of drug-likeness (QED) is 0.707. The van der Waals surface area contributed by atoms with Crippen molar-refractivity contribution in [3.05, 3.63) is 0 Å². The zero-order valence-corrected chi connectivity index (χ0v) is 14.6. The van der Waals surface area contributed by atoms with Crippen LogP contribution in [0, 0.1) is 34.5 Å². The first-order chi connectivity index (χ1) is 10.5. The lowest BCUT2D eigenvalue weighted by Gasteiger charge is -2.60. The lowest BCUT2D eigenvalue weighted by molar-refractivity contribution is -0.143. The van der Waals surface area contributed by atoms with E-state index in [1.165, 1.54) is 44.9 Å². The van der Waals surface area contributed by atoms with Crippen LogP contribution < -0.4 is 0 Å². The van der Waals surface area contributed by atoms with Gasteiger partial charge in [0.2, 0.25) is 0 Å². The number of ketones is 1. The van der Waals surface area contributed by atoms with Gasteiger partial charge in [0.05, 0.1) is 6.10 Å². The summed E-state index contributed by atoms with van der Waals surface area (Å²) in [4.78, 5) is 12.4. The molecule has 4 saturated carbocycles. The third-order valence-corrected chi connectivity index (χ3v) is 8.66. The van der Waals surface area contributed by atoms with Crippen LogP contribution in [-0.2, 0) is 9.53 Å². The summed E-state index contributed by atoms with van der Waals surface area (Å²) in [7, 11) is 1.88. The van der Waals surface area contributed by atoms with E-state index in [0.717, 1.165) is 30.6 Å². The van der Waals surface area contributed by atoms with Crippen LogP contribution >= 0.6 is 0 Å². The van der Waals surface area contributed by atoms with Crippen LogP contribution in [0.5, 0.6) is 0 Å².